The molecule has 2 aliphatic rings. The summed E-state index contributed by atoms with van der Waals surface area (Å²) in [5.74, 6) is -0.751. The van der Waals surface area contributed by atoms with Gasteiger partial charge in [0, 0.05) is 22.5 Å². The number of carboxylic acids is 1. The molecule has 3 atom stereocenters. The van der Waals surface area contributed by atoms with Gasteiger partial charge in [-0.1, -0.05) is 24.1 Å². The van der Waals surface area contributed by atoms with E-state index in [0.717, 1.165) is 30.2 Å². The lowest BCUT2D eigenvalue weighted by Gasteiger charge is -2.23. The van der Waals surface area contributed by atoms with Crippen molar-refractivity contribution in [2.45, 2.75) is 25.3 Å². The summed E-state index contributed by atoms with van der Waals surface area (Å²) in [4.78, 5) is 29.1. The van der Waals surface area contributed by atoms with Crippen molar-refractivity contribution in [3.05, 3.63) is 35.0 Å². The Hall–Kier alpha value is -2.01. The Morgan fingerprint density at radius 2 is 2.13 bits per heavy atom. The molecular formula is C17H17ClN2O3. The van der Waals surface area contributed by atoms with Gasteiger partial charge in [-0.25, -0.2) is 4.79 Å². The van der Waals surface area contributed by atoms with Crippen LogP contribution in [0.15, 0.2) is 24.3 Å². The Balaban J connectivity index is 1.69. The van der Waals surface area contributed by atoms with Crippen molar-refractivity contribution < 1.29 is 14.7 Å². The Bertz CT molecular complexity index is 800. The second kappa shape index (κ2) is 5.27. The Morgan fingerprint density at radius 3 is 2.87 bits per heavy atom. The number of hydrogen-bond donors (Lipinski definition) is 2. The van der Waals surface area contributed by atoms with Crippen molar-refractivity contribution in [2.24, 2.45) is 11.8 Å². The standard InChI is InChI=1S/C17H17ClN2O3/c18-12-5-2-6-13-11(12)7-14(19-13)16(21)20-8-9-3-1-4-10(9)15(20)17(22)23/h2,5-7,9-10,15,19H,1,3-4,8H2,(H,22,23)/t9-,10-,15-/m0/s1. The van der Waals surface area contributed by atoms with Gasteiger partial charge < -0.3 is 15.0 Å². The normalized spacial score (nSPS) is 26.7. The molecule has 1 aliphatic heterocycles. The summed E-state index contributed by atoms with van der Waals surface area (Å²) in [5.41, 5.74) is 1.19. The van der Waals surface area contributed by atoms with Gasteiger partial charge in [-0.05, 0) is 42.9 Å². The van der Waals surface area contributed by atoms with Crippen molar-refractivity contribution in [3.8, 4) is 0 Å². The molecule has 0 radical (unpaired) electrons. The first kappa shape index (κ1) is 14.6. The molecule has 1 saturated heterocycles. The molecular weight excluding hydrogens is 316 g/mol. The predicted molar refractivity (Wildman–Crippen MR) is 86.6 cm³/mol. The van der Waals surface area contributed by atoms with E-state index in [4.69, 9.17) is 11.6 Å². The fourth-order valence-electron chi connectivity index (χ4n) is 4.22. The van der Waals surface area contributed by atoms with Crippen LogP contribution in [0.1, 0.15) is 29.8 Å². The summed E-state index contributed by atoms with van der Waals surface area (Å²) in [6.45, 7) is 0.531. The zero-order chi connectivity index (χ0) is 16.1. The molecule has 6 heteroatoms. The molecule has 1 aromatic heterocycles. The van der Waals surface area contributed by atoms with Gasteiger partial charge in [-0.3, -0.25) is 4.79 Å². The van der Waals surface area contributed by atoms with Crippen LogP contribution in [0, 0.1) is 11.8 Å². The van der Waals surface area contributed by atoms with E-state index in [9.17, 15) is 14.7 Å². The van der Waals surface area contributed by atoms with Crippen molar-refractivity contribution in [1.29, 1.82) is 0 Å². The summed E-state index contributed by atoms with van der Waals surface area (Å²) >= 11 is 6.15. The van der Waals surface area contributed by atoms with Gasteiger partial charge in [-0.15, -0.1) is 0 Å². The van der Waals surface area contributed by atoms with Gasteiger partial charge in [0.15, 0.2) is 0 Å². The van der Waals surface area contributed by atoms with E-state index in [1.807, 2.05) is 12.1 Å². The summed E-state index contributed by atoms with van der Waals surface area (Å²) in [5, 5.41) is 10.9. The monoisotopic (exact) mass is 332 g/mol. The Morgan fingerprint density at radius 1 is 1.30 bits per heavy atom. The summed E-state index contributed by atoms with van der Waals surface area (Å²) in [6.07, 6.45) is 2.96. The van der Waals surface area contributed by atoms with Crippen LogP contribution >= 0.6 is 11.6 Å². The number of likely N-dealkylation sites (tertiary alicyclic amines) is 1. The molecule has 2 aromatic rings. The predicted octanol–water partition coefficient (Wildman–Crippen LogP) is 3.15. The summed E-state index contributed by atoms with van der Waals surface area (Å²) < 4.78 is 0. The third-order valence-electron chi connectivity index (χ3n) is 5.25. The van der Waals surface area contributed by atoms with E-state index in [-0.39, 0.29) is 11.8 Å². The van der Waals surface area contributed by atoms with Crippen LogP contribution < -0.4 is 0 Å². The molecule has 2 fully saturated rings. The maximum Gasteiger partial charge on any atom is 0.326 e. The number of rotatable bonds is 2. The average molecular weight is 333 g/mol. The minimum atomic E-state index is -0.901. The topological polar surface area (TPSA) is 73.4 Å². The number of carbonyl (C=O) groups is 2. The van der Waals surface area contributed by atoms with Gasteiger partial charge in [0.25, 0.3) is 5.91 Å². The molecule has 1 saturated carbocycles. The van der Waals surface area contributed by atoms with Gasteiger partial charge in [0.05, 0.1) is 0 Å². The number of carbonyl (C=O) groups excluding carboxylic acids is 1. The lowest BCUT2D eigenvalue weighted by atomic mass is 9.94. The average Bonchev–Trinajstić information content (AvgIpc) is 3.19. The molecule has 120 valence electrons. The number of hydrogen-bond acceptors (Lipinski definition) is 2. The van der Waals surface area contributed by atoms with Crippen LogP contribution in [0.5, 0.6) is 0 Å². The second-order valence-electron chi connectivity index (χ2n) is 6.48. The van der Waals surface area contributed by atoms with E-state index < -0.39 is 12.0 Å². The molecule has 2 heterocycles. The third kappa shape index (κ3) is 2.22. The largest absolute Gasteiger partial charge is 0.480 e. The summed E-state index contributed by atoms with van der Waals surface area (Å²) in [6, 6.07) is 6.44. The number of fused-ring (bicyclic) bond motifs is 2. The van der Waals surface area contributed by atoms with Crippen LogP contribution in [0.4, 0.5) is 0 Å². The molecule has 0 bridgehead atoms. The van der Waals surface area contributed by atoms with Crippen molar-refractivity contribution in [1.82, 2.24) is 9.88 Å². The number of aromatic amines is 1. The molecule has 1 amide bonds. The number of nitrogens with zero attached hydrogens (tertiary/aromatic N) is 1. The second-order valence-corrected chi connectivity index (χ2v) is 6.89. The van der Waals surface area contributed by atoms with E-state index in [0.29, 0.717) is 23.2 Å². The smallest absolute Gasteiger partial charge is 0.326 e. The van der Waals surface area contributed by atoms with Gasteiger partial charge in [0.1, 0.15) is 11.7 Å². The zero-order valence-corrected chi connectivity index (χ0v) is 13.2. The van der Waals surface area contributed by atoms with Crippen LogP contribution in [0.2, 0.25) is 5.02 Å². The van der Waals surface area contributed by atoms with Crippen LogP contribution in [0.3, 0.4) is 0 Å². The maximum absolute atomic E-state index is 12.9. The van der Waals surface area contributed by atoms with Gasteiger partial charge in [-0.2, -0.15) is 0 Å². The number of amides is 1. The first-order chi connectivity index (χ1) is 11.1. The fourth-order valence-corrected chi connectivity index (χ4v) is 4.45. The van der Waals surface area contributed by atoms with Gasteiger partial charge >= 0.3 is 5.97 Å². The highest BCUT2D eigenvalue weighted by Crippen LogP contribution is 2.42. The Labute approximate surface area is 138 Å². The molecule has 1 aliphatic carbocycles. The van der Waals surface area contributed by atoms with E-state index >= 15 is 0 Å². The highest BCUT2D eigenvalue weighted by Gasteiger charge is 2.49. The SMILES string of the molecule is O=C(O)[C@@H]1[C@H]2CCC[C@H]2CN1C(=O)c1cc2c(Cl)cccc2[nH]1. The lowest BCUT2D eigenvalue weighted by Crippen LogP contribution is -2.43. The van der Waals surface area contributed by atoms with Crippen LogP contribution in [-0.4, -0.2) is 39.5 Å². The molecule has 0 unspecified atom stereocenters. The summed E-state index contributed by atoms with van der Waals surface area (Å²) in [7, 11) is 0. The van der Waals surface area contributed by atoms with Crippen molar-refractivity contribution >= 4 is 34.4 Å². The fraction of sp³-hybridized carbons (Fsp3) is 0.412. The molecule has 4 rings (SSSR count). The number of aliphatic carboxylic acids is 1. The molecule has 2 N–H and O–H groups in total. The first-order valence-electron chi connectivity index (χ1n) is 7.87. The Kier molecular flexibility index (Phi) is 3.34. The number of benzene rings is 1. The number of carboxylic acid groups (broad SMARTS) is 1. The molecule has 23 heavy (non-hydrogen) atoms. The minimum Gasteiger partial charge on any atom is -0.480 e. The number of H-pyrrole nitrogens is 1. The van der Waals surface area contributed by atoms with E-state index in [1.165, 1.54) is 4.90 Å². The van der Waals surface area contributed by atoms with Crippen molar-refractivity contribution in [3.63, 3.8) is 0 Å². The quantitative estimate of drug-likeness (QED) is 0.887. The molecule has 1 aromatic carbocycles. The number of halogens is 1. The molecule has 0 spiro atoms. The highest BCUT2D eigenvalue weighted by molar-refractivity contribution is 6.35. The van der Waals surface area contributed by atoms with E-state index in [1.54, 1.807) is 12.1 Å². The number of nitrogens with one attached hydrogen (secondary N) is 1. The third-order valence-corrected chi connectivity index (χ3v) is 5.58. The van der Waals surface area contributed by atoms with E-state index in [2.05, 4.69) is 4.98 Å². The zero-order valence-electron chi connectivity index (χ0n) is 12.5. The first-order valence-corrected chi connectivity index (χ1v) is 8.25. The number of aromatic nitrogens is 1. The molecule has 5 nitrogen and oxygen atoms in total. The lowest BCUT2D eigenvalue weighted by molar-refractivity contribution is -0.142. The highest BCUT2D eigenvalue weighted by atomic mass is 35.5. The minimum absolute atomic E-state index is 0.0874. The van der Waals surface area contributed by atoms with Crippen LogP contribution in [0.25, 0.3) is 10.9 Å². The maximum atomic E-state index is 12.9. The van der Waals surface area contributed by atoms with Crippen LogP contribution in [-0.2, 0) is 4.79 Å². The van der Waals surface area contributed by atoms with Gasteiger partial charge in [0.2, 0.25) is 0 Å². The van der Waals surface area contributed by atoms with Crippen molar-refractivity contribution in [2.75, 3.05) is 6.54 Å².